The van der Waals surface area contributed by atoms with Gasteiger partial charge in [-0.1, -0.05) is 18.2 Å². The first-order chi connectivity index (χ1) is 12.2. The Morgan fingerprint density at radius 2 is 1.68 bits per heavy atom. The minimum atomic E-state index is 0.230. The van der Waals surface area contributed by atoms with E-state index in [0.29, 0.717) is 6.42 Å². The number of ether oxygens (including phenoxy) is 2. The van der Waals surface area contributed by atoms with Crippen molar-refractivity contribution in [3.05, 3.63) is 47.5 Å². The quantitative estimate of drug-likeness (QED) is 0.517. The summed E-state index contributed by atoms with van der Waals surface area (Å²) >= 11 is 0. The lowest BCUT2D eigenvalue weighted by Gasteiger charge is -2.22. The van der Waals surface area contributed by atoms with Crippen molar-refractivity contribution >= 4 is 16.6 Å². The van der Waals surface area contributed by atoms with Gasteiger partial charge in [-0.15, -0.1) is 0 Å². The Hall–Kier alpha value is -2.81. The largest absolute Gasteiger partial charge is 0.496 e. The van der Waals surface area contributed by atoms with E-state index >= 15 is 0 Å². The molecule has 0 unspecified atom stereocenters. The highest BCUT2D eigenvalue weighted by atomic mass is 16.5. The minimum absolute atomic E-state index is 0.230. The van der Waals surface area contributed by atoms with Crippen LogP contribution in [0.3, 0.4) is 0 Å². The molecular weight excluding hydrogens is 312 g/mol. The molecule has 3 aromatic carbocycles. The predicted octanol–water partition coefficient (Wildman–Crippen LogP) is 5.02. The molecule has 3 heteroatoms. The van der Waals surface area contributed by atoms with Crippen molar-refractivity contribution in [2.24, 2.45) is 0 Å². The van der Waals surface area contributed by atoms with Crippen LogP contribution < -0.4 is 9.47 Å². The Balaban J connectivity index is 1.96. The molecule has 2 aliphatic carbocycles. The zero-order valence-corrected chi connectivity index (χ0v) is 14.3. The summed E-state index contributed by atoms with van der Waals surface area (Å²) in [5.41, 5.74) is 6.39. The van der Waals surface area contributed by atoms with Gasteiger partial charge in [-0.25, -0.2) is 0 Å². The van der Waals surface area contributed by atoms with Gasteiger partial charge in [0.25, 0.3) is 0 Å². The molecule has 0 radical (unpaired) electrons. The lowest BCUT2D eigenvalue weighted by Crippen LogP contribution is -2.14. The van der Waals surface area contributed by atoms with Gasteiger partial charge in [0.1, 0.15) is 11.5 Å². The average Bonchev–Trinajstić information content (AvgIpc) is 2.97. The van der Waals surface area contributed by atoms with Gasteiger partial charge < -0.3 is 9.47 Å². The maximum Gasteiger partial charge on any atom is 0.163 e. The standard InChI is InChI=1S/C22H18O3/c1-24-18-10-9-15-20-12(5-3-6-13(18)20)16-11-19(25-2)14-7-4-8-17(23)22(14)21(15)16/h3,5-6,9-11H,4,7-8H2,1-2H3. The summed E-state index contributed by atoms with van der Waals surface area (Å²) in [5.74, 6) is 1.92. The lowest BCUT2D eigenvalue weighted by molar-refractivity contribution is 0.0972. The fraction of sp³-hybridized carbons (Fsp3) is 0.227. The molecule has 25 heavy (non-hydrogen) atoms. The second-order valence-electron chi connectivity index (χ2n) is 6.68. The summed E-state index contributed by atoms with van der Waals surface area (Å²) in [5, 5.41) is 2.26. The van der Waals surface area contributed by atoms with Crippen molar-refractivity contribution < 1.29 is 14.3 Å². The van der Waals surface area contributed by atoms with E-state index in [1.54, 1.807) is 14.2 Å². The smallest absolute Gasteiger partial charge is 0.163 e. The Morgan fingerprint density at radius 3 is 2.48 bits per heavy atom. The number of benzene rings is 3. The zero-order chi connectivity index (χ0) is 17.1. The van der Waals surface area contributed by atoms with Gasteiger partial charge in [0.2, 0.25) is 0 Å². The molecular formula is C22H18O3. The van der Waals surface area contributed by atoms with E-state index < -0.39 is 0 Å². The van der Waals surface area contributed by atoms with Gasteiger partial charge >= 0.3 is 0 Å². The Bertz CT molecular complexity index is 1060. The van der Waals surface area contributed by atoms with Crippen LogP contribution >= 0.6 is 0 Å². The Kier molecular flexibility index (Phi) is 2.96. The van der Waals surface area contributed by atoms with Gasteiger partial charge in [0.15, 0.2) is 5.78 Å². The number of Topliss-reactive ketones (excluding diaryl/α,β-unsaturated/α-hetero) is 1. The first-order valence-corrected chi connectivity index (χ1v) is 8.62. The first kappa shape index (κ1) is 14.5. The highest BCUT2D eigenvalue weighted by Crippen LogP contribution is 2.53. The molecule has 0 N–H and O–H groups in total. The van der Waals surface area contributed by atoms with Crippen LogP contribution in [0.15, 0.2) is 36.4 Å². The van der Waals surface area contributed by atoms with Gasteiger partial charge in [-0.05, 0) is 47.7 Å². The number of fused-ring (bicyclic) bond motifs is 5. The molecule has 3 aromatic rings. The van der Waals surface area contributed by atoms with E-state index in [1.165, 1.54) is 5.39 Å². The summed E-state index contributed by atoms with van der Waals surface area (Å²) in [6, 6.07) is 12.4. The second-order valence-corrected chi connectivity index (χ2v) is 6.68. The van der Waals surface area contributed by atoms with Crippen LogP contribution in [-0.2, 0) is 6.42 Å². The fourth-order valence-electron chi connectivity index (χ4n) is 4.47. The third kappa shape index (κ3) is 1.78. The van der Waals surface area contributed by atoms with E-state index in [-0.39, 0.29) is 5.78 Å². The van der Waals surface area contributed by atoms with Gasteiger partial charge in [-0.3, -0.25) is 4.79 Å². The third-order valence-electron chi connectivity index (χ3n) is 5.50. The normalized spacial score (nSPS) is 14.4. The van der Waals surface area contributed by atoms with Crippen LogP contribution in [-0.4, -0.2) is 20.0 Å². The van der Waals surface area contributed by atoms with Crippen molar-refractivity contribution in [3.8, 4) is 33.8 Å². The van der Waals surface area contributed by atoms with Crippen LogP contribution in [0.4, 0.5) is 0 Å². The number of rotatable bonds is 2. The number of hydrogen-bond acceptors (Lipinski definition) is 3. The summed E-state index contributed by atoms with van der Waals surface area (Å²) in [6.07, 6.45) is 2.40. The maximum absolute atomic E-state index is 12.8. The highest BCUT2D eigenvalue weighted by molar-refractivity contribution is 6.21. The molecule has 0 amide bonds. The second kappa shape index (κ2) is 5.09. The molecule has 124 valence electrons. The molecule has 0 saturated heterocycles. The molecule has 0 aromatic heterocycles. The number of ketones is 1. The zero-order valence-electron chi connectivity index (χ0n) is 14.3. The van der Waals surface area contributed by atoms with Gasteiger partial charge in [0, 0.05) is 33.9 Å². The maximum atomic E-state index is 12.8. The first-order valence-electron chi connectivity index (χ1n) is 8.62. The van der Waals surface area contributed by atoms with Crippen LogP contribution in [0.2, 0.25) is 0 Å². The number of methoxy groups -OCH3 is 2. The van der Waals surface area contributed by atoms with Crippen molar-refractivity contribution in [2.45, 2.75) is 19.3 Å². The van der Waals surface area contributed by atoms with E-state index in [1.807, 2.05) is 12.1 Å². The summed E-state index contributed by atoms with van der Waals surface area (Å²) in [4.78, 5) is 12.8. The summed E-state index contributed by atoms with van der Waals surface area (Å²) in [6.45, 7) is 0. The van der Waals surface area contributed by atoms with E-state index in [2.05, 4.69) is 24.3 Å². The number of carbonyl (C=O) groups excluding carboxylic acids is 1. The van der Waals surface area contributed by atoms with Crippen LogP contribution in [0.25, 0.3) is 33.0 Å². The molecule has 5 rings (SSSR count). The minimum Gasteiger partial charge on any atom is -0.496 e. The summed E-state index contributed by atoms with van der Waals surface area (Å²) < 4.78 is 11.2. The van der Waals surface area contributed by atoms with Crippen LogP contribution in [0.5, 0.6) is 11.5 Å². The molecule has 2 aliphatic rings. The van der Waals surface area contributed by atoms with Crippen molar-refractivity contribution in [1.82, 2.24) is 0 Å². The molecule has 0 heterocycles. The molecule has 0 saturated carbocycles. The van der Waals surface area contributed by atoms with Crippen molar-refractivity contribution in [2.75, 3.05) is 14.2 Å². The molecule has 0 spiro atoms. The number of carbonyl (C=O) groups is 1. The molecule has 0 bridgehead atoms. The van der Waals surface area contributed by atoms with E-state index in [9.17, 15) is 4.79 Å². The summed E-state index contributed by atoms with van der Waals surface area (Å²) in [7, 11) is 3.38. The average molecular weight is 330 g/mol. The monoisotopic (exact) mass is 330 g/mol. The SMILES string of the molecule is COc1cc2c(c3c1CCCC3=O)-c1ccc(OC)c3cccc-2c13. The van der Waals surface area contributed by atoms with E-state index in [0.717, 1.165) is 63.1 Å². The van der Waals surface area contributed by atoms with Crippen LogP contribution in [0.1, 0.15) is 28.8 Å². The van der Waals surface area contributed by atoms with Gasteiger partial charge in [0.05, 0.1) is 14.2 Å². The molecule has 0 atom stereocenters. The van der Waals surface area contributed by atoms with Gasteiger partial charge in [-0.2, -0.15) is 0 Å². The molecule has 0 fully saturated rings. The van der Waals surface area contributed by atoms with Crippen molar-refractivity contribution in [3.63, 3.8) is 0 Å². The molecule has 3 nitrogen and oxygen atoms in total. The van der Waals surface area contributed by atoms with Crippen molar-refractivity contribution in [1.29, 1.82) is 0 Å². The third-order valence-corrected chi connectivity index (χ3v) is 5.50. The topological polar surface area (TPSA) is 35.5 Å². The number of hydrogen-bond donors (Lipinski definition) is 0. The fourth-order valence-corrected chi connectivity index (χ4v) is 4.47. The van der Waals surface area contributed by atoms with Crippen LogP contribution in [0, 0.1) is 0 Å². The highest BCUT2D eigenvalue weighted by Gasteiger charge is 2.32. The Morgan fingerprint density at radius 1 is 0.840 bits per heavy atom. The lowest BCUT2D eigenvalue weighted by atomic mass is 9.83. The Labute approximate surface area is 146 Å². The predicted molar refractivity (Wildman–Crippen MR) is 98.8 cm³/mol. The molecule has 0 aliphatic heterocycles. The van der Waals surface area contributed by atoms with E-state index in [4.69, 9.17) is 9.47 Å².